The first kappa shape index (κ1) is 18.4. The second kappa shape index (κ2) is 6.92. The van der Waals surface area contributed by atoms with E-state index in [4.69, 9.17) is 5.73 Å². The number of hydrogen-bond acceptors (Lipinski definition) is 2. The average molecular weight is 326 g/mol. The van der Waals surface area contributed by atoms with E-state index in [1.807, 2.05) is 6.92 Å². The van der Waals surface area contributed by atoms with Crippen molar-refractivity contribution in [1.29, 1.82) is 0 Å². The van der Waals surface area contributed by atoms with Crippen LogP contribution in [0.2, 0.25) is 0 Å². The zero-order valence-corrected chi connectivity index (χ0v) is 15.5. The highest BCUT2D eigenvalue weighted by molar-refractivity contribution is 6.08. The quantitative estimate of drug-likeness (QED) is 0.430. The van der Waals surface area contributed by atoms with Crippen LogP contribution in [0.1, 0.15) is 59.8 Å². The molecule has 1 unspecified atom stereocenters. The standard InChI is InChI=1S/C21H30N2O/c1-7-21(6)11-14(5)18(16(24)12-21)19(15-9-10-15)17(13(3)4)20(22)23-8-2/h8,15H,2-3,7,9-12H2,1,4-6H3,(H2,22,23)/b19-17+. The Balaban J connectivity index is 2.66. The summed E-state index contributed by atoms with van der Waals surface area (Å²) in [7, 11) is 0. The van der Waals surface area contributed by atoms with Crippen molar-refractivity contribution in [2.45, 2.75) is 59.8 Å². The molecule has 1 saturated carbocycles. The molecule has 24 heavy (non-hydrogen) atoms. The van der Waals surface area contributed by atoms with Crippen molar-refractivity contribution in [1.82, 2.24) is 0 Å². The van der Waals surface area contributed by atoms with E-state index in [9.17, 15) is 4.79 Å². The summed E-state index contributed by atoms with van der Waals surface area (Å²) < 4.78 is 0. The number of aliphatic imine (C=N–C) groups is 1. The molecular formula is C21H30N2O. The number of hydrogen-bond donors (Lipinski definition) is 1. The maximum atomic E-state index is 13.0. The highest BCUT2D eigenvalue weighted by atomic mass is 16.1. The molecule has 2 rings (SSSR count). The van der Waals surface area contributed by atoms with E-state index in [2.05, 4.69) is 38.9 Å². The summed E-state index contributed by atoms with van der Waals surface area (Å²) >= 11 is 0. The Labute approximate surface area is 146 Å². The minimum atomic E-state index is 0.0729. The van der Waals surface area contributed by atoms with Crippen LogP contribution in [0.3, 0.4) is 0 Å². The fraction of sp³-hybridized carbons (Fsp3) is 0.524. The maximum Gasteiger partial charge on any atom is 0.163 e. The van der Waals surface area contributed by atoms with Gasteiger partial charge in [0.2, 0.25) is 0 Å². The van der Waals surface area contributed by atoms with Crippen molar-refractivity contribution >= 4 is 11.6 Å². The van der Waals surface area contributed by atoms with Crippen LogP contribution in [0.5, 0.6) is 0 Å². The van der Waals surface area contributed by atoms with Gasteiger partial charge in [0.15, 0.2) is 5.78 Å². The number of rotatable bonds is 6. The lowest BCUT2D eigenvalue weighted by Gasteiger charge is -2.35. The lowest BCUT2D eigenvalue weighted by molar-refractivity contribution is -0.118. The van der Waals surface area contributed by atoms with Crippen LogP contribution >= 0.6 is 0 Å². The molecule has 0 saturated heterocycles. The van der Waals surface area contributed by atoms with Gasteiger partial charge in [-0.15, -0.1) is 0 Å². The number of nitrogens with zero attached hydrogens (tertiary/aromatic N) is 1. The highest BCUT2D eigenvalue weighted by Gasteiger charge is 2.40. The molecule has 0 bridgehead atoms. The summed E-state index contributed by atoms with van der Waals surface area (Å²) in [6.07, 6.45) is 6.22. The Morgan fingerprint density at radius 2 is 2.04 bits per heavy atom. The number of carbonyl (C=O) groups is 1. The van der Waals surface area contributed by atoms with E-state index in [-0.39, 0.29) is 11.2 Å². The monoisotopic (exact) mass is 326 g/mol. The van der Waals surface area contributed by atoms with Crippen LogP contribution < -0.4 is 5.73 Å². The van der Waals surface area contributed by atoms with Crippen LogP contribution in [-0.4, -0.2) is 11.6 Å². The fourth-order valence-corrected chi connectivity index (χ4v) is 3.79. The van der Waals surface area contributed by atoms with Crippen molar-refractivity contribution in [3.05, 3.63) is 47.2 Å². The zero-order valence-electron chi connectivity index (χ0n) is 15.5. The molecule has 2 aliphatic carbocycles. The van der Waals surface area contributed by atoms with Crippen LogP contribution in [-0.2, 0) is 4.79 Å². The summed E-state index contributed by atoms with van der Waals surface area (Å²) in [6.45, 7) is 16.1. The third-order valence-corrected chi connectivity index (χ3v) is 5.28. The first-order chi connectivity index (χ1) is 11.2. The van der Waals surface area contributed by atoms with Gasteiger partial charge in [-0.3, -0.25) is 4.79 Å². The lowest BCUT2D eigenvalue weighted by atomic mass is 9.69. The second-order valence-electron chi connectivity index (χ2n) is 7.64. The van der Waals surface area contributed by atoms with Crippen LogP contribution in [0, 0.1) is 11.3 Å². The second-order valence-corrected chi connectivity index (χ2v) is 7.64. The van der Waals surface area contributed by atoms with E-state index in [1.54, 1.807) is 0 Å². The van der Waals surface area contributed by atoms with Crippen LogP contribution in [0.15, 0.2) is 52.2 Å². The third kappa shape index (κ3) is 3.61. The molecule has 0 aromatic heterocycles. The summed E-state index contributed by atoms with van der Waals surface area (Å²) in [6, 6.07) is 0. The molecule has 0 aromatic rings. The van der Waals surface area contributed by atoms with E-state index < -0.39 is 0 Å². The van der Waals surface area contributed by atoms with Gasteiger partial charge in [-0.1, -0.05) is 32.6 Å². The first-order valence-corrected chi connectivity index (χ1v) is 8.82. The van der Waals surface area contributed by atoms with Crippen molar-refractivity contribution in [3.8, 4) is 0 Å². The van der Waals surface area contributed by atoms with Crippen molar-refractivity contribution in [3.63, 3.8) is 0 Å². The van der Waals surface area contributed by atoms with Crippen molar-refractivity contribution in [2.24, 2.45) is 22.1 Å². The average Bonchev–Trinajstić information content (AvgIpc) is 3.29. The minimum Gasteiger partial charge on any atom is -0.383 e. The molecule has 0 aliphatic heterocycles. The van der Waals surface area contributed by atoms with Gasteiger partial charge in [0.1, 0.15) is 5.84 Å². The van der Waals surface area contributed by atoms with Gasteiger partial charge >= 0.3 is 0 Å². The predicted molar refractivity (Wildman–Crippen MR) is 102 cm³/mol. The Morgan fingerprint density at radius 3 is 2.46 bits per heavy atom. The smallest absolute Gasteiger partial charge is 0.163 e. The Morgan fingerprint density at radius 1 is 1.42 bits per heavy atom. The van der Waals surface area contributed by atoms with Crippen molar-refractivity contribution in [2.75, 3.05) is 0 Å². The SMILES string of the molecule is C=CN=C(N)/C(C(=C)C)=C(/C1=C(C)CC(C)(CC)CC1=O)C1CC1. The molecule has 1 fully saturated rings. The summed E-state index contributed by atoms with van der Waals surface area (Å²) in [5.74, 6) is 1.06. The van der Waals surface area contributed by atoms with Gasteiger partial charge in [-0.25, -0.2) is 4.99 Å². The molecule has 3 heteroatoms. The summed E-state index contributed by atoms with van der Waals surface area (Å²) in [5, 5.41) is 0. The van der Waals surface area contributed by atoms with Gasteiger partial charge < -0.3 is 5.73 Å². The molecule has 130 valence electrons. The number of allylic oxidation sites excluding steroid dienone is 3. The number of amidine groups is 1. The largest absolute Gasteiger partial charge is 0.383 e. The third-order valence-electron chi connectivity index (χ3n) is 5.28. The predicted octanol–water partition coefficient (Wildman–Crippen LogP) is 4.87. The zero-order chi connectivity index (χ0) is 18.1. The first-order valence-electron chi connectivity index (χ1n) is 8.82. The molecular weight excluding hydrogens is 296 g/mol. The molecule has 3 nitrogen and oxygen atoms in total. The van der Waals surface area contributed by atoms with Gasteiger partial charge in [0, 0.05) is 23.8 Å². The molecule has 0 aromatic carbocycles. The van der Waals surface area contributed by atoms with Gasteiger partial charge in [-0.2, -0.15) is 0 Å². The molecule has 0 heterocycles. The molecule has 1 atom stereocenters. The lowest BCUT2D eigenvalue weighted by Crippen LogP contribution is -2.29. The Hall–Kier alpha value is -1.90. The van der Waals surface area contributed by atoms with Gasteiger partial charge in [0.05, 0.1) is 0 Å². The summed E-state index contributed by atoms with van der Waals surface area (Å²) in [4.78, 5) is 17.2. The van der Waals surface area contributed by atoms with Crippen molar-refractivity contribution < 1.29 is 4.79 Å². The molecule has 0 radical (unpaired) electrons. The molecule has 2 aliphatic rings. The minimum absolute atomic E-state index is 0.0729. The molecule has 0 spiro atoms. The topological polar surface area (TPSA) is 55.4 Å². The summed E-state index contributed by atoms with van der Waals surface area (Å²) in [5.41, 5.74) is 11.1. The fourth-order valence-electron chi connectivity index (χ4n) is 3.79. The maximum absolute atomic E-state index is 13.0. The highest BCUT2D eigenvalue weighted by Crippen LogP contribution is 2.49. The van der Waals surface area contributed by atoms with Gasteiger partial charge in [-0.05, 0) is 62.0 Å². The van der Waals surface area contributed by atoms with E-state index in [0.717, 1.165) is 48.0 Å². The van der Waals surface area contributed by atoms with E-state index in [1.165, 1.54) is 11.8 Å². The number of nitrogens with two attached hydrogens (primary N) is 1. The number of carbonyl (C=O) groups excluding carboxylic acids is 1. The van der Waals surface area contributed by atoms with E-state index in [0.29, 0.717) is 18.2 Å². The van der Waals surface area contributed by atoms with E-state index >= 15 is 0 Å². The number of Topliss-reactive ketones (excluding diaryl/α,β-unsaturated/α-hetero) is 1. The molecule has 2 N–H and O–H groups in total. The molecule has 0 amide bonds. The van der Waals surface area contributed by atoms with Crippen LogP contribution in [0.4, 0.5) is 0 Å². The number of ketones is 1. The van der Waals surface area contributed by atoms with Gasteiger partial charge in [0.25, 0.3) is 0 Å². The van der Waals surface area contributed by atoms with Crippen LogP contribution in [0.25, 0.3) is 0 Å². The Bertz CT molecular complexity index is 674. The normalized spacial score (nSPS) is 26.3. The Kier molecular flexibility index (Phi) is 5.32.